The Kier molecular flexibility index (Phi) is 4.96. The summed E-state index contributed by atoms with van der Waals surface area (Å²) >= 11 is 0. The number of likely N-dealkylation sites (tertiary alicyclic amines) is 1. The van der Waals surface area contributed by atoms with Gasteiger partial charge in [-0.05, 0) is 55.2 Å². The highest BCUT2D eigenvalue weighted by molar-refractivity contribution is 6.06. The maximum absolute atomic E-state index is 13.3. The van der Waals surface area contributed by atoms with E-state index in [0.29, 0.717) is 6.04 Å². The van der Waals surface area contributed by atoms with Crippen LogP contribution in [0.5, 0.6) is 0 Å². The van der Waals surface area contributed by atoms with Crippen LogP contribution in [0, 0.1) is 0 Å². The second kappa shape index (κ2) is 7.69. The number of aryl methyl sites for hydroxylation is 1. The molecule has 1 aliphatic rings. The molecular formula is C23H24N2O. The molecule has 1 amide bonds. The first kappa shape index (κ1) is 16.8. The maximum Gasteiger partial charge on any atom is 0.254 e. The zero-order valence-electron chi connectivity index (χ0n) is 15.0. The number of aromatic nitrogens is 1. The third-order valence-electron chi connectivity index (χ3n) is 5.41. The van der Waals surface area contributed by atoms with E-state index in [0.717, 1.165) is 48.6 Å². The third kappa shape index (κ3) is 3.48. The van der Waals surface area contributed by atoms with Crippen molar-refractivity contribution in [3.05, 3.63) is 78.1 Å². The van der Waals surface area contributed by atoms with Gasteiger partial charge in [0.05, 0.1) is 0 Å². The number of pyridine rings is 1. The molecule has 3 nitrogen and oxygen atoms in total. The molecule has 3 aromatic rings. The Bertz CT molecular complexity index is 886. The van der Waals surface area contributed by atoms with E-state index in [4.69, 9.17) is 0 Å². The number of fused-ring (bicyclic) bond motifs is 1. The number of carbonyl (C=O) groups is 1. The van der Waals surface area contributed by atoms with Gasteiger partial charge in [-0.25, -0.2) is 0 Å². The summed E-state index contributed by atoms with van der Waals surface area (Å²) < 4.78 is 0. The number of carbonyl (C=O) groups excluding carboxylic acids is 1. The first-order chi connectivity index (χ1) is 12.8. The predicted octanol–water partition coefficient (Wildman–Crippen LogP) is 4.86. The van der Waals surface area contributed by atoms with Crippen molar-refractivity contribution >= 4 is 16.7 Å². The van der Waals surface area contributed by atoms with Gasteiger partial charge in [-0.3, -0.25) is 9.78 Å². The second-order valence-electron chi connectivity index (χ2n) is 7.07. The Hall–Kier alpha value is -2.68. The van der Waals surface area contributed by atoms with Gasteiger partial charge in [-0.2, -0.15) is 0 Å². The monoisotopic (exact) mass is 344 g/mol. The Morgan fingerprint density at radius 1 is 1.04 bits per heavy atom. The lowest BCUT2D eigenvalue weighted by Gasteiger charge is -2.36. The Morgan fingerprint density at radius 3 is 2.81 bits per heavy atom. The van der Waals surface area contributed by atoms with Gasteiger partial charge < -0.3 is 4.90 Å². The Morgan fingerprint density at radius 2 is 1.92 bits per heavy atom. The van der Waals surface area contributed by atoms with Gasteiger partial charge in [0.2, 0.25) is 0 Å². The molecule has 1 aliphatic heterocycles. The van der Waals surface area contributed by atoms with Crippen LogP contribution >= 0.6 is 0 Å². The molecule has 1 fully saturated rings. The highest BCUT2D eigenvalue weighted by Gasteiger charge is 2.28. The SMILES string of the molecule is O=C(c1cccc2cnccc12)N1CCCCC1CCc1ccccc1. The molecule has 1 saturated heterocycles. The average molecular weight is 344 g/mol. The molecular weight excluding hydrogens is 320 g/mol. The van der Waals surface area contributed by atoms with Crippen LogP contribution in [0.2, 0.25) is 0 Å². The van der Waals surface area contributed by atoms with Crippen LogP contribution in [0.3, 0.4) is 0 Å². The number of benzene rings is 2. The van der Waals surface area contributed by atoms with Crippen LogP contribution in [0.15, 0.2) is 67.0 Å². The van der Waals surface area contributed by atoms with Crippen molar-refractivity contribution < 1.29 is 4.79 Å². The predicted molar refractivity (Wildman–Crippen MR) is 105 cm³/mol. The topological polar surface area (TPSA) is 33.2 Å². The first-order valence-electron chi connectivity index (χ1n) is 9.50. The summed E-state index contributed by atoms with van der Waals surface area (Å²) in [4.78, 5) is 19.6. The van der Waals surface area contributed by atoms with Crippen molar-refractivity contribution in [2.24, 2.45) is 0 Å². The van der Waals surface area contributed by atoms with Crippen LogP contribution in [0.4, 0.5) is 0 Å². The fourth-order valence-corrected chi connectivity index (χ4v) is 4.01. The molecule has 0 N–H and O–H groups in total. The van der Waals surface area contributed by atoms with Crippen molar-refractivity contribution in [3.8, 4) is 0 Å². The van der Waals surface area contributed by atoms with E-state index >= 15 is 0 Å². The molecule has 1 unspecified atom stereocenters. The summed E-state index contributed by atoms with van der Waals surface area (Å²) in [6.45, 7) is 0.861. The standard InChI is InChI=1S/C23H24N2O/c26-23(22-11-6-9-19-17-24-15-14-21(19)22)25-16-5-4-10-20(25)13-12-18-7-2-1-3-8-18/h1-3,6-9,11,14-15,17,20H,4-5,10,12-13,16H2. The molecule has 4 rings (SSSR count). The van der Waals surface area contributed by atoms with Crippen LogP contribution in [-0.4, -0.2) is 28.4 Å². The molecule has 26 heavy (non-hydrogen) atoms. The molecule has 1 atom stereocenters. The average Bonchev–Trinajstić information content (AvgIpc) is 2.72. The van der Waals surface area contributed by atoms with E-state index in [-0.39, 0.29) is 5.91 Å². The highest BCUT2D eigenvalue weighted by atomic mass is 16.2. The molecule has 0 radical (unpaired) electrons. The fraction of sp³-hybridized carbons (Fsp3) is 0.304. The molecule has 2 heterocycles. The van der Waals surface area contributed by atoms with Crippen LogP contribution in [0.1, 0.15) is 41.6 Å². The van der Waals surface area contributed by atoms with Gasteiger partial charge in [0.25, 0.3) is 5.91 Å². The molecule has 1 aromatic heterocycles. The Balaban J connectivity index is 1.56. The number of hydrogen-bond donors (Lipinski definition) is 0. The quantitative estimate of drug-likeness (QED) is 0.677. The molecule has 0 aliphatic carbocycles. The number of nitrogens with zero attached hydrogens (tertiary/aromatic N) is 2. The summed E-state index contributed by atoms with van der Waals surface area (Å²) in [5, 5.41) is 2.02. The number of rotatable bonds is 4. The summed E-state index contributed by atoms with van der Waals surface area (Å²) in [5.41, 5.74) is 2.15. The van der Waals surface area contributed by atoms with Gasteiger partial charge in [0.1, 0.15) is 0 Å². The summed E-state index contributed by atoms with van der Waals surface area (Å²) in [6, 6.07) is 18.8. The van der Waals surface area contributed by atoms with Gasteiger partial charge in [-0.15, -0.1) is 0 Å². The summed E-state index contributed by atoms with van der Waals surface area (Å²) in [7, 11) is 0. The minimum absolute atomic E-state index is 0.166. The molecule has 132 valence electrons. The van der Waals surface area contributed by atoms with Gasteiger partial charge in [0, 0.05) is 35.9 Å². The lowest BCUT2D eigenvalue weighted by molar-refractivity contribution is 0.0604. The molecule has 2 aromatic carbocycles. The summed E-state index contributed by atoms with van der Waals surface area (Å²) in [5.74, 6) is 0.166. The van der Waals surface area contributed by atoms with E-state index in [2.05, 4.69) is 40.2 Å². The molecule has 0 saturated carbocycles. The minimum atomic E-state index is 0.166. The van der Waals surface area contributed by atoms with E-state index in [1.165, 1.54) is 12.0 Å². The van der Waals surface area contributed by atoms with Crippen molar-refractivity contribution in [2.45, 2.75) is 38.1 Å². The Labute approximate surface area is 154 Å². The van der Waals surface area contributed by atoms with Crippen molar-refractivity contribution in [1.82, 2.24) is 9.88 Å². The van der Waals surface area contributed by atoms with Gasteiger partial charge in [-0.1, -0.05) is 42.5 Å². The van der Waals surface area contributed by atoms with Crippen LogP contribution < -0.4 is 0 Å². The van der Waals surface area contributed by atoms with E-state index in [1.807, 2.05) is 30.5 Å². The highest BCUT2D eigenvalue weighted by Crippen LogP contribution is 2.26. The normalized spacial score (nSPS) is 17.4. The maximum atomic E-state index is 13.3. The van der Waals surface area contributed by atoms with Crippen molar-refractivity contribution in [3.63, 3.8) is 0 Å². The van der Waals surface area contributed by atoms with E-state index < -0.39 is 0 Å². The smallest absolute Gasteiger partial charge is 0.254 e. The lowest BCUT2D eigenvalue weighted by Crippen LogP contribution is -2.44. The van der Waals surface area contributed by atoms with Crippen LogP contribution in [0.25, 0.3) is 10.8 Å². The van der Waals surface area contributed by atoms with Crippen molar-refractivity contribution in [2.75, 3.05) is 6.54 Å². The number of amides is 1. The number of hydrogen-bond acceptors (Lipinski definition) is 2. The zero-order chi connectivity index (χ0) is 17.8. The zero-order valence-corrected chi connectivity index (χ0v) is 15.0. The number of piperidine rings is 1. The molecule has 0 spiro atoms. The molecule has 3 heteroatoms. The largest absolute Gasteiger partial charge is 0.336 e. The third-order valence-corrected chi connectivity index (χ3v) is 5.41. The van der Waals surface area contributed by atoms with Crippen LogP contribution in [-0.2, 0) is 6.42 Å². The van der Waals surface area contributed by atoms with E-state index in [1.54, 1.807) is 6.20 Å². The minimum Gasteiger partial charge on any atom is -0.336 e. The van der Waals surface area contributed by atoms with Gasteiger partial charge >= 0.3 is 0 Å². The first-order valence-corrected chi connectivity index (χ1v) is 9.50. The fourth-order valence-electron chi connectivity index (χ4n) is 4.01. The van der Waals surface area contributed by atoms with Crippen molar-refractivity contribution in [1.29, 1.82) is 0 Å². The van der Waals surface area contributed by atoms with E-state index in [9.17, 15) is 4.79 Å². The van der Waals surface area contributed by atoms with Gasteiger partial charge in [0.15, 0.2) is 0 Å². The summed E-state index contributed by atoms with van der Waals surface area (Å²) in [6.07, 6.45) is 9.06. The lowest BCUT2D eigenvalue weighted by atomic mass is 9.94. The second-order valence-corrected chi connectivity index (χ2v) is 7.07. The molecule has 0 bridgehead atoms.